The van der Waals surface area contributed by atoms with Crippen molar-refractivity contribution < 1.29 is 41.2 Å². The molecule has 4 heteroatoms. The molecule has 23 heavy (non-hydrogen) atoms. The van der Waals surface area contributed by atoms with Crippen LogP contribution in [-0.4, -0.2) is 18.3 Å². The van der Waals surface area contributed by atoms with Crippen LogP contribution in [0.1, 0.15) is 75.2 Å². The Morgan fingerprint density at radius 3 is 1.39 bits per heavy atom. The van der Waals surface area contributed by atoms with E-state index in [1.54, 1.807) is 41.5 Å². The maximum absolute atomic E-state index is 9.53. The third-order valence-corrected chi connectivity index (χ3v) is 1.49. The van der Waals surface area contributed by atoms with E-state index >= 15 is 0 Å². The average molecular weight is 491 g/mol. The number of allylic oxidation sites excluding steroid dienone is 4. The molecule has 134 valence electrons. The Hall–Kier alpha value is 0.230. The molecule has 0 unspecified atom stereocenters. The maximum atomic E-state index is 9.53. The molecule has 1 aliphatic carbocycles. The summed E-state index contributed by atoms with van der Waals surface area (Å²) in [6.07, 6.45) is 8.60. The first-order valence-electron chi connectivity index (χ1n) is 8.01. The van der Waals surface area contributed by atoms with Gasteiger partial charge in [-0.1, -0.05) is 68.7 Å². The van der Waals surface area contributed by atoms with Gasteiger partial charge in [0.2, 0.25) is 0 Å². The van der Waals surface area contributed by atoms with Crippen LogP contribution in [0.4, 0.5) is 0 Å². The molecule has 1 aliphatic rings. The molecule has 0 bridgehead atoms. The molecule has 0 atom stereocenters. The van der Waals surface area contributed by atoms with Gasteiger partial charge in [0.05, 0.1) is 0 Å². The van der Waals surface area contributed by atoms with Gasteiger partial charge in [0, 0.05) is 0 Å². The predicted molar refractivity (Wildman–Crippen MR) is 90.0 cm³/mol. The van der Waals surface area contributed by atoms with Gasteiger partial charge >= 0.3 is 25.8 Å². The zero-order valence-electron chi connectivity index (χ0n) is 16.5. The smallest absolute Gasteiger partial charge is 0.852 e. The van der Waals surface area contributed by atoms with E-state index in [1.165, 1.54) is 5.57 Å². The molecule has 0 aromatic rings. The summed E-state index contributed by atoms with van der Waals surface area (Å²) in [6, 6.07) is 0. The van der Waals surface area contributed by atoms with Gasteiger partial charge in [0.25, 0.3) is 0 Å². The van der Waals surface area contributed by atoms with Crippen LogP contribution in [0.5, 0.6) is 0 Å². The molecule has 0 aromatic carbocycles. The monoisotopic (exact) mass is 492 g/mol. The third kappa shape index (κ3) is 60.8. The Kier molecular flexibility index (Phi) is 25.1. The van der Waals surface area contributed by atoms with Gasteiger partial charge in [0.1, 0.15) is 0 Å². The Morgan fingerprint density at radius 1 is 0.913 bits per heavy atom. The summed E-state index contributed by atoms with van der Waals surface area (Å²) in [7, 11) is 0. The SMILES string of the molecule is CC(C)(C)CC1=[C-]CC=C1.CC(C)[O-].CC(C)[O-].CC(C)[O-].[Hf+4]. The van der Waals surface area contributed by atoms with Crippen molar-refractivity contribution in [2.24, 2.45) is 5.41 Å². The van der Waals surface area contributed by atoms with E-state index in [4.69, 9.17) is 0 Å². The molecule has 0 saturated heterocycles. The minimum atomic E-state index is -0.417. The molecule has 0 amide bonds. The van der Waals surface area contributed by atoms with Crippen LogP contribution in [0.2, 0.25) is 0 Å². The van der Waals surface area contributed by atoms with Crippen molar-refractivity contribution >= 4 is 0 Å². The molecule has 0 spiro atoms. The molecule has 0 saturated carbocycles. The van der Waals surface area contributed by atoms with Gasteiger partial charge in [0.15, 0.2) is 0 Å². The molecule has 0 aliphatic heterocycles. The van der Waals surface area contributed by atoms with E-state index < -0.39 is 18.3 Å². The third-order valence-electron chi connectivity index (χ3n) is 1.49. The minimum Gasteiger partial charge on any atom is -0.852 e. The van der Waals surface area contributed by atoms with Gasteiger partial charge in [-0.3, -0.25) is 6.08 Å². The quantitative estimate of drug-likeness (QED) is 0.418. The second-order valence-electron chi connectivity index (χ2n) is 7.19. The van der Waals surface area contributed by atoms with Crippen LogP contribution < -0.4 is 15.3 Å². The van der Waals surface area contributed by atoms with E-state index in [9.17, 15) is 15.3 Å². The van der Waals surface area contributed by atoms with Crippen molar-refractivity contribution in [2.45, 2.75) is 93.5 Å². The fourth-order valence-electron chi connectivity index (χ4n) is 1.14. The van der Waals surface area contributed by atoms with Crippen LogP contribution in [0, 0.1) is 11.5 Å². The zero-order chi connectivity index (χ0) is 18.3. The Labute approximate surface area is 163 Å². The van der Waals surface area contributed by atoms with Gasteiger partial charge in [-0.15, -0.1) is 24.7 Å². The zero-order valence-corrected chi connectivity index (χ0v) is 20.1. The summed E-state index contributed by atoms with van der Waals surface area (Å²) in [5.74, 6) is 0. The summed E-state index contributed by atoms with van der Waals surface area (Å²) in [6.45, 7) is 16.4. The molecular weight excluding hydrogens is 455 g/mol. The van der Waals surface area contributed by atoms with Gasteiger partial charge in [-0.25, -0.2) is 11.6 Å². The summed E-state index contributed by atoms with van der Waals surface area (Å²) in [5.41, 5.74) is 1.80. The van der Waals surface area contributed by atoms with Crippen molar-refractivity contribution in [1.82, 2.24) is 0 Å². The standard InChI is InChI=1S/C10H15.3C3H7O.Hf/c1-10(2,3)8-9-6-4-5-7-9;3*1-3(2)4;/h4,6H,5,8H2,1-3H3;3*3H,1-2H3;/q4*-1;+4. The summed E-state index contributed by atoms with van der Waals surface area (Å²) >= 11 is 0. The molecular formula is C19H36HfO3. The first-order valence-corrected chi connectivity index (χ1v) is 8.01. The second-order valence-corrected chi connectivity index (χ2v) is 7.19. The van der Waals surface area contributed by atoms with Crippen LogP contribution in [0.3, 0.4) is 0 Å². The van der Waals surface area contributed by atoms with E-state index in [-0.39, 0.29) is 25.8 Å². The van der Waals surface area contributed by atoms with Crippen LogP contribution in [0.15, 0.2) is 17.7 Å². The number of hydrogen-bond acceptors (Lipinski definition) is 3. The van der Waals surface area contributed by atoms with E-state index in [0.717, 1.165) is 12.8 Å². The average Bonchev–Trinajstić information content (AvgIpc) is 2.63. The number of rotatable bonds is 1. The van der Waals surface area contributed by atoms with Gasteiger partial charge in [-0.2, -0.15) is 6.08 Å². The van der Waals surface area contributed by atoms with Gasteiger partial charge in [-0.05, 0) is 5.41 Å². The second kappa shape index (κ2) is 18.6. The molecule has 0 aromatic heterocycles. The van der Waals surface area contributed by atoms with E-state index in [0.29, 0.717) is 5.41 Å². The van der Waals surface area contributed by atoms with Crippen LogP contribution in [0.25, 0.3) is 0 Å². The summed E-state index contributed by atoms with van der Waals surface area (Å²) in [5, 5.41) is 28.6. The normalized spacial score (nSPS) is 12.4. The Balaban J connectivity index is -0.000000118. The fourth-order valence-corrected chi connectivity index (χ4v) is 1.14. The minimum absolute atomic E-state index is 0. The summed E-state index contributed by atoms with van der Waals surface area (Å²) < 4.78 is 0. The molecule has 0 radical (unpaired) electrons. The molecule has 1 rings (SSSR count). The van der Waals surface area contributed by atoms with Crippen molar-refractivity contribution in [2.75, 3.05) is 0 Å². The maximum Gasteiger partial charge on any atom is 4.00 e. The van der Waals surface area contributed by atoms with Crippen LogP contribution in [-0.2, 0) is 25.8 Å². The van der Waals surface area contributed by atoms with E-state index in [2.05, 4.69) is 39.0 Å². The first kappa shape index (κ1) is 31.0. The van der Waals surface area contributed by atoms with Gasteiger partial charge < -0.3 is 15.3 Å². The van der Waals surface area contributed by atoms with Crippen molar-refractivity contribution in [3.8, 4) is 0 Å². The first-order chi connectivity index (χ1) is 9.77. The van der Waals surface area contributed by atoms with E-state index in [1.807, 2.05) is 0 Å². The summed E-state index contributed by atoms with van der Waals surface area (Å²) in [4.78, 5) is 0. The molecule has 0 heterocycles. The topological polar surface area (TPSA) is 69.2 Å². The van der Waals surface area contributed by atoms with Crippen molar-refractivity contribution in [3.63, 3.8) is 0 Å². The Bertz CT molecular complexity index is 265. The van der Waals surface area contributed by atoms with Crippen molar-refractivity contribution in [1.29, 1.82) is 0 Å². The molecule has 3 nitrogen and oxygen atoms in total. The van der Waals surface area contributed by atoms with Crippen molar-refractivity contribution in [3.05, 3.63) is 23.8 Å². The molecule has 0 N–H and O–H groups in total. The number of hydrogen-bond donors (Lipinski definition) is 0. The largest absolute Gasteiger partial charge is 4.00 e. The fraction of sp³-hybridized carbons (Fsp3) is 0.789. The van der Waals surface area contributed by atoms with Crippen LogP contribution >= 0.6 is 0 Å². The molecule has 0 fully saturated rings. The predicted octanol–water partition coefficient (Wildman–Crippen LogP) is 2.37. The Morgan fingerprint density at radius 2 is 1.22 bits per heavy atom.